The fourth-order valence-electron chi connectivity index (χ4n) is 1.06. The summed E-state index contributed by atoms with van der Waals surface area (Å²) in [4.78, 5) is 0. The van der Waals surface area contributed by atoms with E-state index >= 15 is 0 Å². The summed E-state index contributed by atoms with van der Waals surface area (Å²) in [5, 5.41) is 20.9. The Bertz CT molecular complexity index is 359. The topological polar surface area (TPSA) is 78.8 Å². The van der Waals surface area contributed by atoms with Crippen LogP contribution < -0.4 is 5.73 Å². The van der Waals surface area contributed by atoms with E-state index in [4.69, 9.17) is 10.9 Å². The van der Waals surface area contributed by atoms with E-state index in [9.17, 15) is 5.11 Å². The van der Waals surface area contributed by atoms with Gasteiger partial charge in [0.15, 0.2) is 5.84 Å². The van der Waals surface area contributed by atoms with E-state index in [0.717, 1.165) is 11.1 Å². The SMILES string of the molecule is Cc1ccc(/C(N)=N\O)c(O)c1C. The lowest BCUT2D eigenvalue weighted by atomic mass is 10.0. The molecule has 0 saturated heterocycles. The summed E-state index contributed by atoms with van der Waals surface area (Å²) in [6, 6.07) is 3.43. The Morgan fingerprint density at radius 3 is 2.54 bits per heavy atom. The van der Waals surface area contributed by atoms with E-state index < -0.39 is 0 Å². The highest BCUT2D eigenvalue weighted by molar-refractivity contribution is 5.99. The van der Waals surface area contributed by atoms with E-state index in [1.807, 2.05) is 13.0 Å². The second-order valence-electron chi connectivity index (χ2n) is 2.89. The van der Waals surface area contributed by atoms with Crippen LogP contribution in [0.15, 0.2) is 17.3 Å². The standard InChI is InChI=1S/C9H12N2O2/c1-5-3-4-7(9(10)11-13)8(12)6(5)2/h3-4,12-13H,1-2H3,(H2,10,11). The summed E-state index contributed by atoms with van der Waals surface area (Å²) in [6.45, 7) is 3.66. The average Bonchev–Trinajstić information content (AvgIpc) is 2.13. The zero-order chi connectivity index (χ0) is 10.0. The van der Waals surface area contributed by atoms with Crippen molar-refractivity contribution in [2.75, 3.05) is 0 Å². The van der Waals surface area contributed by atoms with E-state index in [1.54, 1.807) is 13.0 Å². The molecule has 0 saturated carbocycles. The molecule has 4 N–H and O–H groups in total. The number of phenols is 1. The fourth-order valence-corrected chi connectivity index (χ4v) is 1.06. The summed E-state index contributed by atoms with van der Waals surface area (Å²) in [7, 11) is 0. The number of aromatic hydroxyl groups is 1. The molecule has 13 heavy (non-hydrogen) atoms. The average molecular weight is 180 g/mol. The molecule has 4 heteroatoms. The van der Waals surface area contributed by atoms with E-state index in [1.165, 1.54) is 0 Å². The summed E-state index contributed by atoms with van der Waals surface area (Å²) in [5.41, 5.74) is 7.41. The molecule has 0 bridgehead atoms. The van der Waals surface area contributed by atoms with Crippen LogP contribution in [-0.4, -0.2) is 16.1 Å². The van der Waals surface area contributed by atoms with Crippen LogP contribution >= 0.6 is 0 Å². The summed E-state index contributed by atoms with van der Waals surface area (Å²) in [6.07, 6.45) is 0. The Balaban J connectivity index is 3.34. The Morgan fingerprint density at radius 1 is 1.38 bits per heavy atom. The van der Waals surface area contributed by atoms with Crippen LogP contribution in [0.3, 0.4) is 0 Å². The number of nitrogens with two attached hydrogens (primary N) is 1. The van der Waals surface area contributed by atoms with Gasteiger partial charge in [0.1, 0.15) is 5.75 Å². The number of nitrogens with zero attached hydrogens (tertiary/aromatic N) is 1. The second-order valence-corrected chi connectivity index (χ2v) is 2.89. The van der Waals surface area contributed by atoms with Crippen LogP contribution in [0.25, 0.3) is 0 Å². The quantitative estimate of drug-likeness (QED) is 0.262. The Labute approximate surface area is 76.3 Å². The molecule has 1 aromatic rings. The van der Waals surface area contributed by atoms with Gasteiger partial charge in [0.05, 0.1) is 5.56 Å². The number of benzene rings is 1. The molecule has 0 heterocycles. The summed E-state index contributed by atoms with van der Waals surface area (Å²) >= 11 is 0. The van der Waals surface area contributed by atoms with Crippen LogP contribution in [0.1, 0.15) is 16.7 Å². The lowest BCUT2D eigenvalue weighted by Crippen LogP contribution is -2.13. The zero-order valence-corrected chi connectivity index (χ0v) is 7.57. The van der Waals surface area contributed by atoms with Crippen molar-refractivity contribution in [3.05, 3.63) is 28.8 Å². The maximum Gasteiger partial charge on any atom is 0.173 e. The minimum atomic E-state index is -0.0828. The third-order valence-electron chi connectivity index (χ3n) is 2.09. The Kier molecular flexibility index (Phi) is 2.41. The molecule has 4 nitrogen and oxygen atoms in total. The third kappa shape index (κ3) is 1.56. The number of hydrogen-bond donors (Lipinski definition) is 3. The molecule has 0 aliphatic carbocycles. The summed E-state index contributed by atoms with van der Waals surface area (Å²) < 4.78 is 0. The Morgan fingerprint density at radius 2 is 2.00 bits per heavy atom. The minimum Gasteiger partial charge on any atom is -0.507 e. The molecule has 0 aliphatic rings. The van der Waals surface area contributed by atoms with Gasteiger partial charge in [-0.1, -0.05) is 11.2 Å². The van der Waals surface area contributed by atoms with Gasteiger partial charge in [-0.2, -0.15) is 0 Å². The monoisotopic (exact) mass is 180 g/mol. The predicted molar refractivity (Wildman–Crippen MR) is 50.1 cm³/mol. The lowest BCUT2D eigenvalue weighted by molar-refractivity contribution is 0.318. The van der Waals surface area contributed by atoms with Crippen LogP contribution in [0, 0.1) is 13.8 Å². The third-order valence-corrected chi connectivity index (χ3v) is 2.09. The highest BCUT2D eigenvalue weighted by Gasteiger charge is 2.09. The molecule has 1 rings (SSSR count). The van der Waals surface area contributed by atoms with Crippen molar-refractivity contribution in [3.8, 4) is 5.75 Å². The first-order valence-corrected chi connectivity index (χ1v) is 3.85. The maximum absolute atomic E-state index is 9.61. The number of phenolic OH excluding ortho intramolecular Hbond substituents is 1. The van der Waals surface area contributed by atoms with Gasteiger partial charge in [-0.05, 0) is 31.0 Å². The number of amidine groups is 1. The molecule has 0 aromatic heterocycles. The minimum absolute atomic E-state index is 0.0651. The Hall–Kier alpha value is -1.71. The second kappa shape index (κ2) is 3.35. The highest BCUT2D eigenvalue weighted by Crippen LogP contribution is 2.24. The van der Waals surface area contributed by atoms with Crippen molar-refractivity contribution < 1.29 is 10.3 Å². The number of hydrogen-bond acceptors (Lipinski definition) is 3. The molecule has 70 valence electrons. The van der Waals surface area contributed by atoms with Gasteiger partial charge in [0.25, 0.3) is 0 Å². The van der Waals surface area contributed by atoms with Gasteiger partial charge in [-0.15, -0.1) is 0 Å². The maximum atomic E-state index is 9.61. The molecular formula is C9H12N2O2. The zero-order valence-electron chi connectivity index (χ0n) is 7.57. The fraction of sp³-hybridized carbons (Fsp3) is 0.222. The number of oxime groups is 1. The van der Waals surface area contributed by atoms with Crippen molar-refractivity contribution in [3.63, 3.8) is 0 Å². The number of aryl methyl sites for hydroxylation is 1. The van der Waals surface area contributed by atoms with Crippen molar-refractivity contribution in [1.82, 2.24) is 0 Å². The first-order valence-electron chi connectivity index (χ1n) is 3.85. The van der Waals surface area contributed by atoms with Gasteiger partial charge in [-0.3, -0.25) is 0 Å². The van der Waals surface area contributed by atoms with Crippen molar-refractivity contribution >= 4 is 5.84 Å². The summed E-state index contributed by atoms with van der Waals surface area (Å²) in [5.74, 6) is -0.0177. The number of rotatable bonds is 1. The van der Waals surface area contributed by atoms with Crippen LogP contribution in [0.4, 0.5) is 0 Å². The first kappa shape index (κ1) is 9.38. The molecule has 0 spiro atoms. The van der Waals surface area contributed by atoms with Gasteiger partial charge in [0.2, 0.25) is 0 Å². The predicted octanol–water partition coefficient (Wildman–Crippen LogP) is 1.10. The molecule has 0 amide bonds. The van der Waals surface area contributed by atoms with Crippen LogP contribution in [0.2, 0.25) is 0 Å². The van der Waals surface area contributed by atoms with E-state index in [2.05, 4.69) is 5.16 Å². The van der Waals surface area contributed by atoms with Gasteiger partial charge in [0, 0.05) is 0 Å². The lowest BCUT2D eigenvalue weighted by Gasteiger charge is -2.07. The molecule has 0 fully saturated rings. The molecular weight excluding hydrogens is 168 g/mol. The van der Waals surface area contributed by atoms with Crippen molar-refractivity contribution in [1.29, 1.82) is 0 Å². The van der Waals surface area contributed by atoms with E-state index in [0.29, 0.717) is 5.56 Å². The van der Waals surface area contributed by atoms with E-state index in [-0.39, 0.29) is 11.6 Å². The van der Waals surface area contributed by atoms with Gasteiger partial charge >= 0.3 is 0 Å². The molecule has 0 aliphatic heterocycles. The normalized spacial score (nSPS) is 11.7. The largest absolute Gasteiger partial charge is 0.507 e. The molecule has 0 radical (unpaired) electrons. The first-order chi connectivity index (χ1) is 6.07. The van der Waals surface area contributed by atoms with Crippen molar-refractivity contribution in [2.24, 2.45) is 10.9 Å². The van der Waals surface area contributed by atoms with Gasteiger partial charge in [-0.25, -0.2) is 0 Å². The van der Waals surface area contributed by atoms with Gasteiger partial charge < -0.3 is 16.0 Å². The van der Waals surface area contributed by atoms with Crippen LogP contribution in [-0.2, 0) is 0 Å². The smallest absolute Gasteiger partial charge is 0.173 e. The molecule has 1 aromatic carbocycles. The van der Waals surface area contributed by atoms with Crippen LogP contribution in [0.5, 0.6) is 5.75 Å². The highest BCUT2D eigenvalue weighted by atomic mass is 16.4. The molecule has 0 atom stereocenters. The van der Waals surface area contributed by atoms with Crippen molar-refractivity contribution in [2.45, 2.75) is 13.8 Å². The molecule has 0 unspecified atom stereocenters.